The molecule has 1 nitrogen and oxygen atoms in total. The van der Waals surface area contributed by atoms with Crippen LogP contribution < -0.4 is 0 Å². The van der Waals surface area contributed by atoms with Gasteiger partial charge in [0.2, 0.25) is 0 Å². The van der Waals surface area contributed by atoms with Crippen LogP contribution in [0.4, 0.5) is 4.39 Å². The van der Waals surface area contributed by atoms with Gasteiger partial charge in [-0.1, -0.05) is 39.7 Å². The molecule has 0 aliphatic heterocycles. The summed E-state index contributed by atoms with van der Waals surface area (Å²) in [5.74, 6) is -0.363. The van der Waals surface area contributed by atoms with E-state index in [1.54, 1.807) is 0 Å². The molecule has 0 aliphatic rings. The molecule has 0 saturated heterocycles. The Balaban J connectivity index is 2.56. The third-order valence-electron chi connectivity index (χ3n) is 3.20. The Morgan fingerprint density at radius 1 is 1.05 bits per heavy atom. The molecular formula is C16H16BrFO. The van der Waals surface area contributed by atoms with Gasteiger partial charge in [0.05, 0.1) is 0 Å². The summed E-state index contributed by atoms with van der Waals surface area (Å²) in [6, 6.07) is 9.02. The van der Waals surface area contributed by atoms with Gasteiger partial charge >= 0.3 is 0 Å². The summed E-state index contributed by atoms with van der Waals surface area (Å²) in [6.45, 7) is 5.61. The second-order valence-electron chi connectivity index (χ2n) is 4.90. The zero-order chi connectivity index (χ0) is 14.2. The fraction of sp³-hybridized carbons (Fsp3) is 0.250. The van der Waals surface area contributed by atoms with Crippen molar-refractivity contribution in [2.75, 3.05) is 0 Å². The Labute approximate surface area is 121 Å². The smallest absolute Gasteiger partial charge is 0.129 e. The molecule has 0 amide bonds. The molecule has 2 aromatic rings. The van der Waals surface area contributed by atoms with Crippen molar-refractivity contribution in [3.05, 3.63) is 68.4 Å². The van der Waals surface area contributed by atoms with E-state index < -0.39 is 6.10 Å². The van der Waals surface area contributed by atoms with Crippen LogP contribution in [0, 0.1) is 26.6 Å². The average molecular weight is 323 g/mol. The molecular weight excluding hydrogens is 307 g/mol. The minimum Gasteiger partial charge on any atom is -0.383 e. The van der Waals surface area contributed by atoms with E-state index in [9.17, 15) is 9.50 Å². The lowest BCUT2D eigenvalue weighted by atomic mass is 9.94. The largest absolute Gasteiger partial charge is 0.383 e. The lowest BCUT2D eigenvalue weighted by Crippen LogP contribution is -2.07. The lowest BCUT2D eigenvalue weighted by molar-refractivity contribution is 0.213. The first-order valence-electron chi connectivity index (χ1n) is 6.11. The summed E-state index contributed by atoms with van der Waals surface area (Å²) in [5, 5.41) is 10.5. The monoisotopic (exact) mass is 322 g/mol. The standard InChI is InChI=1S/C16H16BrFO/c1-9-4-5-13(17)12(7-9)16(19)15-11(3)6-10(2)8-14(15)18/h4-8,16,19H,1-3H3. The number of aliphatic hydroxyl groups is 1. The van der Waals surface area contributed by atoms with E-state index in [1.165, 1.54) is 6.07 Å². The van der Waals surface area contributed by atoms with Crippen molar-refractivity contribution in [3.63, 3.8) is 0 Å². The van der Waals surface area contributed by atoms with Gasteiger partial charge in [-0.05, 0) is 49.6 Å². The van der Waals surface area contributed by atoms with Crippen LogP contribution in [0.15, 0.2) is 34.8 Å². The molecule has 0 radical (unpaired) electrons. The molecule has 1 N–H and O–H groups in total. The van der Waals surface area contributed by atoms with Gasteiger partial charge in [0, 0.05) is 10.0 Å². The number of hydrogen-bond donors (Lipinski definition) is 1. The average Bonchev–Trinajstić information content (AvgIpc) is 2.30. The Hall–Kier alpha value is -1.19. The Kier molecular flexibility index (Phi) is 4.07. The number of benzene rings is 2. The fourth-order valence-electron chi connectivity index (χ4n) is 2.30. The molecule has 0 saturated carbocycles. The van der Waals surface area contributed by atoms with E-state index in [4.69, 9.17) is 0 Å². The molecule has 0 spiro atoms. The predicted molar refractivity (Wildman–Crippen MR) is 78.8 cm³/mol. The Morgan fingerprint density at radius 3 is 2.37 bits per heavy atom. The van der Waals surface area contributed by atoms with Gasteiger partial charge in [0.25, 0.3) is 0 Å². The van der Waals surface area contributed by atoms with E-state index in [0.29, 0.717) is 11.1 Å². The van der Waals surface area contributed by atoms with Crippen molar-refractivity contribution in [1.82, 2.24) is 0 Å². The molecule has 0 aliphatic carbocycles. The van der Waals surface area contributed by atoms with Crippen LogP contribution >= 0.6 is 15.9 Å². The highest BCUT2D eigenvalue weighted by Crippen LogP contribution is 2.32. The van der Waals surface area contributed by atoms with Gasteiger partial charge in [-0.25, -0.2) is 4.39 Å². The van der Waals surface area contributed by atoms with E-state index in [0.717, 1.165) is 21.2 Å². The Morgan fingerprint density at radius 2 is 1.74 bits per heavy atom. The van der Waals surface area contributed by atoms with Crippen LogP contribution in [0.2, 0.25) is 0 Å². The molecule has 0 aromatic heterocycles. The fourth-order valence-corrected chi connectivity index (χ4v) is 2.76. The van der Waals surface area contributed by atoms with E-state index >= 15 is 0 Å². The molecule has 2 rings (SSSR count). The van der Waals surface area contributed by atoms with Crippen LogP contribution in [0.5, 0.6) is 0 Å². The quantitative estimate of drug-likeness (QED) is 0.857. The summed E-state index contributed by atoms with van der Waals surface area (Å²) in [6.07, 6.45) is -0.963. The molecule has 0 fully saturated rings. The molecule has 100 valence electrons. The molecule has 1 atom stereocenters. The summed E-state index contributed by atoms with van der Waals surface area (Å²) in [5.41, 5.74) is 3.68. The first-order chi connectivity index (χ1) is 8.90. The van der Waals surface area contributed by atoms with E-state index in [1.807, 2.05) is 45.0 Å². The maximum Gasteiger partial charge on any atom is 0.129 e. The molecule has 0 bridgehead atoms. The molecule has 1 unspecified atom stereocenters. The number of aliphatic hydroxyl groups excluding tert-OH is 1. The maximum absolute atomic E-state index is 14.1. The van der Waals surface area contributed by atoms with Gasteiger partial charge in [0.15, 0.2) is 0 Å². The zero-order valence-corrected chi connectivity index (χ0v) is 12.8. The molecule has 3 heteroatoms. The van der Waals surface area contributed by atoms with Gasteiger partial charge in [0.1, 0.15) is 11.9 Å². The van der Waals surface area contributed by atoms with Gasteiger partial charge in [-0.2, -0.15) is 0 Å². The van der Waals surface area contributed by atoms with Crippen molar-refractivity contribution in [2.24, 2.45) is 0 Å². The lowest BCUT2D eigenvalue weighted by Gasteiger charge is -2.17. The summed E-state index contributed by atoms with van der Waals surface area (Å²) < 4.78 is 14.9. The topological polar surface area (TPSA) is 20.2 Å². The predicted octanol–water partition coefficient (Wildman–Crippen LogP) is 4.60. The maximum atomic E-state index is 14.1. The van der Waals surface area contributed by atoms with Crippen LogP contribution in [0.3, 0.4) is 0 Å². The number of halogens is 2. The van der Waals surface area contributed by atoms with Crippen LogP contribution in [0.25, 0.3) is 0 Å². The summed E-state index contributed by atoms with van der Waals surface area (Å²) in [7, 11) is 0. The SMILES string of the molecule is Cc1cc(C)c(C(O)c2cc(C)ccc2Br)c(F)c1. The summed E-state index contributed by atoms with van der Waals surface area (Å²) in [4.78, 5) is 0. The molecule has 2 aromatic carbocycles. The number of hydrogen-bond acceptors (Lipinski definition) is 1. The Bertz CT molecular complexity index is 599. The first-order valence-corrected chi connectivity index (χ1v) is 6.90. The van der Waals surface area contributed by atoms with Crippen LogP contribution in [0.1, 0.15) is 33.9 Å². The highest BCUT2D eigenvalue weighted by atomic mass is 79.9. The van der Waals surface area contributed by atoms with Crippen molar-refractivity contribution >= 4 is 15.9 Å². The number of rotatable bonds is 2. The first kappa shape index (κ1) is 14.2. The van der Waals surface area contributed by atoms with Crippen molar-refractivity contribution in [1.29, 1.82) is 0 Å². The van der Waals surface area contributed by atoms with E-state index in [2.05, 4.69) is 15.9 Å². The highest BCUT2D eigenvalue weighted by molar-refractivity contribution is 9.10. The number of aryl methyl sites for hydroxylation is 3. The van der Waals surface area contributed by atoms with E-state index in [-0.39, 0.29) is 5.82 Å². The third kappa shape index (κ3) is 2.88. The third-order valence-corrected chi connectivity index (χ3v) is 3.92. The van der Waals surface area contributed by atoms with Gasteiger partial charge in [-0.15, -0.1) is 0 Å². The second-order valence-corrected chi connectivity index (χ2v) is 5.76. The summed E-state index contributed by atoms with van der Waals surface area (Å²) >= 11 is 3.41. The minimum atomic E-state index is -0.963. The molecule has 19 heavy (non-hydrogen) atoms. The van der Waals surface area contributed by atoms with Gasteiger partial charge in [-0.3, -0.25) is 0 Å². The minimum absolute atomic E-state index is 0.344. The van der Waals surface area contributed by atoms with Crippen molar-refractivity contribution in [2.45, 2.75) is 26.9 Å². The van der Waals surface area contributed by atoms with Crippen LogP contribution in [-0.2, 0) is 0 Å². The zero-order valence-electron chi connectivity index (χ0n) is 11.2. The van der Waals surface area contributed by atoms with Crippen molar-refractivity contribution in [3.8, 4) is 0 Å². The normalized spacial score (nSPS) is 12.5. The second kappa shape index (κ2) is 5.43. The van der Waals surface area contributed by atoms with Gasteiger partial charge < -0.3 is 5.11 Å². The van der Waals surface area contributed by atoms with Crippen LogP contribution in [-0.4, -0.2) is 5.11 Å². The highest BCUT2D eigenvalue weighted by Gasteiger charge is 2.20. The van der Waals surface area contributed by atoms with Crippen molar-refractivity contribution < 1.29 is 9.50 Å². The molecule has 0 heterocycles.